The predicted molar refractivity (Wildman–Crippen MR) is 122 cm³/mol. The van der Waals surface area contributed by atoms with Crippen LogP contribution in [0.25, 0.3) is 0 Å². The maximum Gasteiger partial charge on any atom is 0.181 e. The highest BCUT2D eigenvalue weighted by Gasteiger charge is 2.41. The number of sulfone groups is 1. The molecule has 1 unspecified atom stereocenters. The third-order valence-electron chi connectivity index (χ3n) is 6.03. The smallest absolute Gasteiger partial charge is 0.181 e. The Morgan fingerprint density at radius 2 is 1.90 bits per heavy atom. The molecule has 0 radical (unpaired) electrons. The molecule has 0 saturated heterocycles. The van der Waals surface area contributed by atoms with Crippen molar-refractivity contribution in [2.75, 3.05) is 23.5 Å². The Bertz CT molecular complexity index is 944. The number of anilines is 2. The Hall–Kier alpha value is -1.50. The van der Waals surface area contributed by atoms with Crippen LogP contribution in [0.3, 0.4) is 0 Å². The van der Waals surface area contributed by atoms with Crippen molar-refractivity contribution < 1.29 is 13.5 Å². The molecule has 6 heteroatoms. The highest BCUT2D eigenvalue weighted by molar-refractivity contribution is 7.98. The fourth-order valence-electron chi connectivity index (χ4n) is 4.24. The minimum Gasteiger partial charge on any atom is -0.392 e. The van der Waals surface area contributed by atoms with Gasteiger partial charge in [-0.2, -0.15) is 0 Å². The van der Waals surface area contributed by atoms with E-state index in [1.807, 2.05) is 42.7 Å². The van der Waals surface area contributed by atoms with Crippen LogP contribution in [0.1, 0.15) is 45.1 Å². The molecule has 0 amide bonds. The lowest BCUT2D eigenvalue weighted by Crippen LogP contribution is -2.37. The number of rotatable bonds is 7. The van der Waals surface area contributed by atoms with E-state index in [0.717, 1.165) is 42.0 Å². The lowest BCUT2D eigenvalue weighted by Gasteiger charge is -2.36. The van der Waals surface area contributed by atoms with Crippen LogP contribution < -0.4 is 4.90 Å². The van der Waals surface area contributed by atoms with Gasteiger partial charge in [0.1, 0.15) is 0 Å². The zero-order valence-corrected chi connectivity index (χ0v) is 19.2. The summed E-state index contributed by atoms with van der Waals surface area (Å²) in [5.41, 5.74) is 2.10. The summed E-state index contributed by atoms with van der Waals surface area (Å²) < 4.78 is 27.1. The van der Waals surface area contributed by atoms with Gasteiger partial charge < -0.3 is 10.0 Å². The zero-order valence-electron chi connectivity index (χ0n) is 17.5. The van der Waals surface area contributed by atoms with Gasteiger partial charge in [-0.25, -0.2) is 8.42 Å². The van der Waals surface area contributed by atoms with Gasteiger partial charge in [-0.05, 0) is 48.9 Å². The quantitative estimate of drug-likeness (QED) is 0.592. The van der Waals surface area contributed by atoms with Gasteiger partial charge in [0.05, 0.1) is 22.9 Å². The molecule has 0 bridgehead atoms. The fraction of sp³-hybridized carbons (Fsp3) is 0.478. The minimum absolute atomic E-state index is 0.149. The van der Waals surface area contributed by atoms with Crippen molar-refractivity contribution >= 4 is 33.0 Å². The van der Waals surface area contributed by atoms with Crippen molar-refractivity contribution in [2.45, 2.75) is 55.9 Å². The van der Waals surface area contributed by atoms with Crippen LogP contribution in [-0.2, 0) is 16.4 Å². The number of fused-ring (bicyclic) bond motifs is 1. The van der Waals surface area contributed by atoms with Crippen LogP contribution in [0.15, 0.2) is 52.3 Å². The number of aliphatic hydroxyl groups is 1. The molecule has 3 rings (SSSR count). The fourth-order valence-corrected chi connectivity index (χ4v) is 7.07. The Labute approximate surface area is 179 Å². The molecule has 29 heavy (non-hydrogen) atoms. The van der Waals surface area contributed by atoms with E-state index < -0.39 is 9.84 Å². The van der Waals surface area contributed by atoms with Crippen LogP contribution in [-0.4, -0.2) is 32.1 Å². The number of hydrogen-bond donors (Lipinski definition) is 1. The monoisotopic (exact) mass is 433 g/mol. The average molecular weight is 434 g/mol. The van der Waals surface area contributed by atoms with Crippen LogP contribution >= 0.6 is 11.8 Å². The molecule has 2 aromatic rings. The molecule has 0 aliphatic carbocycles. The first-order valence-electron chi connectivity index (χ1n) is 10.3. The van der Waals surface area contributed by atoms with Crippen molar-refractivity contribution in [3.63, 3.8) is 0 Å². The van der Waals surface area contributed by atoms with Crippen LogP contribution in [0, 0.1) is 5.41 Å². The van der Waals surface area contributed by atoms with E-state index >= 15 is 0 Å². The summed E-state index contributed by atoms with van der Waals surface area (Å²) >= 11 is 1.54. The summed E-state index contributed by atoms with van der Waals surface area (Å²) in [4.78, 5) is 3.44. The van der Waals surface area contributed by atoms with Gasteiger partial charge in [0.15, 0.2) is 9.84 Å². The topological polar surface area (TPSA) is 57.6 Å². The molecular weight excluding hydrogens is 402 g/mol. The molecule has 1 N–H and O–H groups in total. The molecule has 158 valence electrons. The second-order valence-corrected chi connectivity index (χ2v) is 10.7. The maximum atomic E-state index is 13.6. The summed E-state index contributed by atoms with van der Waals surface area (Å²) in [6, 6.07) is 13.7. The molecule has 0 saturated carbocycles. The molecular formula is C23H31NO3S2. The molecule has 2 aromatic carbocycles. The number of para-hydroxylation sites is 1. The van der Waals surface area contributed by atoms with Crippen LogP contribution in [0.5, 0.6) is 0 Å². The first-order chi connectivity index (χ1) is 13.9. The molecule has 0 aromatic heterocycles. The van der Waals surface area contributed by atoms with Crippen molar-refractivity contribution in [1.82, 2.24) is 0 Å². The van der Waals surface area contributed by atoms with E-state index in [-0.39, 0.29) is 17.8 Å². The Morgan fingerprint density at radius 1 is 1.17 bits per heavy atom. The summed E-state index contributed by atoms with van der Waals surface area (Å²) in [5.74, 6) is 0.149. The molecule has 1 aliphatic rings. The van der Waals surface area contributed by atoms with E-state index in [0.29, 0.717) is 17.0 Å². The number of hydrogen-bond acceptors (Lipinski definition) is 5. The third-order valence-corrected chi connectivity index (χ3v) is 8.84. The van der Waals surface area contributed by atoms with Gasteiger partial charge >= 0.3 is 0 Å². The second-order valence-electron chi connectivity index (χ2n) is 7.93. The molecule has 1 heterocycles. The second kappa shape index (κ2) is 9.11. The van der Waals surface area contributed by atoms with Gasteiger partial charge in [-0.3, -0.25) is 0 Å². The predicted octanol–water partition coefficient (Wildman–Crippen LogP) is 5.41. The van der Waals surface area contributed by atoms with Crippen molar-refractivity contribution in [2.24, 2.45) is 5.41 Å². The standard InChI is InChI=1S/C23H31NO3S2/c1-4-6-12-23(5-2)16-24(19-10-8-7-9-11-19)20-14-21(28-3)18(15-25)13-22(20)29(26,27)17-23/h7-11,13-14,25H,4-6,12,15-17H2,1-3H3. The lowest BCUT2D eigenvalue weighted by molar-refractivity contribution is 0.278. The molecule has 1 aliphatic heterocycles. The van der Waals surface area contributed by atoms with Gasteiger partial charge in [0.25, 0.3) is 0 Å². The average Bonchev–Trinajstić information content (AvgIpc) is 2.84. The van der Waals surface area contributed by atoms with Crippen LogP contribution in [0.4, 0.5) is 11.4 Å². The Kier molecular flexibility index (Phi) is 6.97. The Balaban J connectivity index is 2.27. The highest BCUT2D eigenvalue weighted by atomic mass is 32.2. The number of thioether (sulfide) groups is 1. The summed E-state index contributed by atoms with van der Waals surface area (Å²) in [5, 5.41) is 9.82. The SMILES string of the molecule is CCCCC1(CC)CN(c2ccccc2)c2cc(SC)c(CO)cc2S(=O)(=O)C1. The molecule has 0 spiro atoms. The van der Waals surface area contributed by atoms with Crippen molar-refractivity contribution in [3.05, 3.63) is 48.0 Å². The van der Waals surface area contributed by atoms with E-state index in [1.165, 1.54) is 11.8 Å². The van der Waals surface area contributed by atoms with Crippen molar-refractivity contribution in [1.29, 1.82) is 0 Å². The summed E-state index contributed by atoms with van der Waals surface area (Å²) in [6.07, 6.45) is 5.72. The number of aliphatic hydroxyl groups excluding tert-OH is 1. The van der Waals surface area contributed by atoms with Crippen molar-refractivity contribution in [3.8, 4) is 0 Å². The zero-order chi connectivity index (χ0) is 21.1. The minimum atomic E-state index is -3.49. The normalized spacial score (nSPS) is 20.9. The van der Waals surface area contributed by atoms with Gasteiger partial charge in [-0.15, -0.1) is 11.8 Å². The largest absolute Gasteiger partial charge is 0.392 e. The first kappa shape index (κ1) is 22.2. The summed E-state index contributed by atoms with van der Waals surface area (Å²) in [6.45, 7) is 4.76. The van der Waals surface area contributed by atoms with E-state index in [1.54, 1.807) is 6.07 Å². The molecule has 0 fully saturated rings. The highest BCUT2D eigenvalue weighted by Crippen LogP contribution is 2.45. The third kappa shape index (κ3) is 4.49. The molecule has 1 atom stereocenters. The first-order valence-corrected chi connectivity index (χ1v) is 13.1. The number of nitrogens with zero attached hydrogens (tertiary/aromatic N) is 1. The van der Waals surface area contributed by atoms with Gasteiger partial charge in [0.2, 0.25) is 0 Å². The van der Waals surface area contributed by atoms with E-state index in [9.17, 15) is 13.5 Å². The molecule has 4 nitrogen and oxygen atoms in total. The Morgan fingerprint density at radius 3 is 2.48 bits per heavy atom. The van der Waals surface area contributed by atoms with Gasteiger partial charge in [-0.1, -0.05) is 44.9 Å². The van der Waals surface area contributed by atoms with Crippen LogP contribution in [0.2, 0.25) is 0 Å². The van der Waals surface area contributed by atoms with Gasteiger partial charge in [0, 0.05) is 22.5 Å². The van der Waals surface area contributed by atoms with E-state index in [2.05, 4.69) is 18.7 Å². The summed E-state index contributed by atoms with van der Waals surface area (Å²) in [7, 11) is -3.49. The number of unbranched alkanes of at least 4 members (excludes halogenated alkanes) is 1. The lowest BCUT2D eigenvalue weighted by atomic mass is 9.81. The van der Waals surface area contributed by atoms with E-state index in [4.69, 9.17) is 0 Å². The maximum absolute atomic E-state index is 13.6. The number of benzene rings is 2.